The summed E-state index contributed by atoms with van der Waals surface area (Å²) in [5, 5.41) is 72.0. The van der Waals surface area contributed by atoms with E-state index in [9.17, 15) is 40.5 Å². The van der Waals surface area contributed by atoms with Crippen LogP contribution >= 0.6 is 0 Å². The second-order valence-corrected chi connectivity index (χ2v) is 18.3. The van der Waals surface area contributed by atoms with Crippen molar-refractivity contribution >= 4 is 5.97 Å². The molecule has 0 aromatic heterocycles. The highest BCUT2D eigenvalue weighted by Crippen LogP contribution is 2.26. The largest absolute Gasteiger partial charge is 0.457 e. The van der Waals surface area contributed by atoms with E-state index in [1.54, 1.807) is 0 Å². The number of carbonyl (C=O) groups is 1. The molecule has 11 unspecified atom stereocenters. The van der Waals surface area contributed by atoms with Gasteiger partial charge in [-0.3, -0.25) is 4.79 Å². The van der Waals surface area contributed by atoms with Gasteiger partial charge >= 0.3 is 5.97 Å². The Bertz CT molecular complexity index is 1350. The monoisotopic (exact) mass is 967 g/mol. The molecule has 2 aliphatic heterocycles. The van der Waals surface area contributed by atoms with Gasteiger partial charge in [0.15, 0.2) is 12.6 Å². The first-order valence-corrected chi connectivity index (χ1v) is 26.4. The molecule has 0 saturated carbocycles. The molecule has 0 aromatic carbocycles. The van der Waals surface area contributed by atoms with Crippen LogP contribution in [0.3, 0.4) is 0 Å². The van der Waals surface area contributed by atoms with Crippen molar-refractivity contribution < 1.29 is 69.0 Å². The van der Waals surface area contributed by atoms with E-state index in [0.29, 0.717) is 13.0 Å². The zero-order valence-electron chi connectivity index (χ0n) is 41.8. The van der Waals surface area contributed by atoms with E-state index in [4.69, 9.17) is 28.4 Å². The van der Waals surface area contributed by atoms with Gasteiger partial charge in [-0.25, -0.2) is 0 Å². The Balaban J connectivity index is 1.69. The van der Waals surface area contributed by atoms with Gasteiger partial charge in [-0.1, -0.05) is 171 Å². The number of rotatable bonds is 41. The lowest BCUT2D eigenvalue weighted by Gasteiger charge is -2.42. The van der Waals surface area contributed by atoms with Gasteiger partial charge in [0.1, 0.15) is 54.9 Å². The van der Waals surface area contributed by atoms with E-state index in [1.165, 1.54) is 70.6 Å². The molecule has 0 bridgehead atoms. The van der Waals surface area contributed by atoms with Gasteiger partial charge in [-0.15, -0.1) is 0 Å². The summed E-state index contributed by atoms with van der Waals surface area (Å²) in [7, 11) is 0. The van der Waals surface area contributed by atoms with Crippen molar-refractivity contribution in [3.8, 4) is 0 Å². The van der Waals surface area contributed by atoms with Gasteiger partial charge < -0.3 is 64.2 Å². The van der Waals surface area contributed by atoms with Crippen LogP contribution in [0.25, 0.3) is 0 Å². The summed E-state index contributed by atoms with van der Waals surface area (Å²) in [6, 6.07) is 0. The van der Waals surface area contributed by atoms with Crippen LogP contribution in [0.2, 0.25) is 0 Å². The molecule has 0 amide bonds. The van der Waals surface area contributed by atoms with E-state index < -0.39 is 80.7 Å². The molecular weight excluding hydrogens is 873 g/mol. The van der Waals surface area contributed by atoms with Crippen LogP contribution in [-0.4, -0.2) is 142 Å². The lowest BCUT2D eigenvalue weighted by atomic mass is 9.98. The minimum Gasteiger partial charge on any atom is -0.457 e. The fraction of sp³-hybridized carbons (Fsp3) is 0.796. The fourth-order valence-electron chi connectivity index (χ4n) is 8.02. The van der Waals surface area contributed by atoms with E-state index in [0.717, 1.165) is 77.0 Å². The number of aliphatic hydroxyl groups is 7. The molecule has 2 fully saturated rings. The molecule has 68 heavy (non-hydrogen) atoms. The molecule has 0 spiro atoms. The highest BCUT2D eigenvalue weighted by Gasteiger charge is 2.47. The lowest BCUT2D eigenvalue weighted by Crippen LogP contribution is -2.61. The summed E-state index contributed by atoms with van der Waals surface area (Å²) < 4.78 is 34.2. The van der Waals surface area contributed by atoms with Gasteiger partial charge in [0, 0.05) is 13.0 Å². The molecule has 2 heterocycles. The van der Waals surface area contributed by atoms with E-state index in [-0.39, 0.29) is 25.6 Å². The average Bonchev–Trinajstić information content (AvgIpc) is 3.33. The molecule has 2 saturated heterocycles. The Labute approximate surface area is 409 Å². The summed E-state index contributed by atoms with van der Waals surface area (Å²) in [5.74, 6) is -0.385. The number of hydrogen-bond acceptors (Lipinski definition) is 14. The van der Waals surface area contributed by atoms with Crippen LogP contribution in [0.5, 0.6) is 0 Å². The topological polar surface area (TPSA) is 214 Å². The summed E-state index contributed by atoms with van der Waals surface area (Å²) in [6.07, 6.45) is 32.9. The number of carbonyl (C=O) groups excluding carboxylic acids is 1. The minimum atomic E-state index is -1.71. The molecule has 0 radical (unpaired) electrons. The lowest BCUT2D eigenvalue weighted by molar-refractivity contribution is -0.332. The van der Waals surface area contributed by atoms with Gasteiger partial charge in [-0.2, -0.15) is 0 Å². The van der Waals surface area contributed by atoms with Gasteiger partial charge in [-0.05, 0) is 57.8 Å². The summed E-state index contributed by atoms with van der Waals surface area (Å²) >= 11 is 0. The molecular formula is C54H94O14. The fourth-order valence-corrected chi connectivity index (χ4v) is 8.02. The molecule has 2 rings (SSSR count). The molecule has 7 N–H and O–H groups in total. The number of hydrogen-bond donors (Lipinski definition) is 7. The second-order valence-electron chi connectivity index (χ2n) is 18.3. The highest BCUT2D eigenvalue weighted by molar-refractivity contribution is 5.69. The third-order valence-electron chi connectivity index (χ3n) is 12.3. The first-order valence-electron chi connectivity index (χ1n) is 26.4. The van der Waals surface area contributed by atoms with Gasteiger partial charge in [0.2, 0.25) is 0 Å². The van der Waals surface area contributed by atoms with E-state index in [1.807, 2.05) is 0 Å². The number of aliphatic hydroxyl groups excluding tert-OH is 7. The van der Waals surface area contributed by atoms with Crippen molar-refractivity contribution in [2.75, 3.05) is 33.0 Å². The van der Waals surface area contributed by atoms with Crippen molar-refractivity contribution in [1.82, 2.24) is 0 Å². The van der Waals surface area contributed by atoms with Crippen molar-refractivity contribution in [2.24, 2.45) is 0 Å². The normalized spacial score (nSPS) is 26.4. The summed E-state index contributed by atoms with van der Waals surface area (Å²) in [4.78, 5) is 13.0. The maximum absolute atomic E-state index is 13.0. The minimum absolute atomic E-state index is 0.0583. The van der Waals surface area contributed by atoms with Crippen LogP contribution in [0.4, 0.5) is 0 Å². The van der Waals surface area contributed by atoms with Crippen molar-refractivity contribution in [3.05, 3.63) is 60.8 Å². The Morgan fingerprint density at radius 3 is 1.50 bits per heavy atom. The number of unbranched alkanes of at least 4 members (excludes halogenated alkanes) is 17. The highest BCUT2D eigenvalue weighted by atomic mass is 16.7. The zero-order valence-corrected chi connectivity index (χ0v) is 41.8. The number of ether oxygens (including phenoxy) is 6. The smallest absolute Gasteiger partial charge is 0.306 e. The van der Waals surface area contributed by atoms with E-state index in [2.05, 4.69) is 74.6 Å². The summed E-state index contributed by atoms with van der Waals surface area (Å²) in [6.45, 7) is 3.54. The molecule has 0 aliphatic carbocycles. The number of esters is 1. The molecule has 11 atom stereocenters. The first kappa shape index (κ1) is 61.8. The van der Waals surface area contributed by atoms with Crippen LogP contribution in [0, 0.1) is 0 Å². The van der Waals surface area contributed by atoms with Crippen molar-refractivity contribution in [1.29, 1.82) is 0 Å². The molecule has 394 valence electrons. The third kappa shape index (κ3) is 28.5. The van der Waals surface area contributed by atoms with Crippen molar-refractivity contribution in [2.45, 2.75) is 242 Å². The molecule has 0 aromatic rings. The Kier molecular flexibility index (Phi) is 37.6. The SMILES string of the molecule is CC/C=C\C/C=C\C/C=C\C/C=C\C/C=C\CCCCCCCCCCCC(=O)OC(COCCCCCCCCCCC)COC1OC(COC2OC(CO)C(O)C(O)C2O)C(O)C(O)C1O. The Hall–Kier alpha value is -2.31. The predicted molar refractivity (Wildman–Crippen MR) is 266 cm³/mol. The Morgan fingerprint density at radius 1 is 0.500 bits per heavy atom. The van der Waals surface area contributed by atoms with Gasteiger partial charge in [0.25, 0.3) is 0 Å². The maximum Gasteiger partial charge on any atom is 0.306 e. The zero-order chi connectivity index (χ0) is 49.5. The quantitative estimate of drug-likeness (QED) is 0.0175. The number of allylic oxidation sites excluding steroid dienone is 10. The molecule has 2 aliphatic rings. The van der Waals surface area contributed by atoms with Gasteiger partial charge in [0.05, 0.1) is 26.4 Å². The standard InChI is InChI=1S/C54H94O14/c1-3-5-7-9-11-13-14-15-16-17-18-19-20-21-22-23-24-25-26-27-28-29-31-33-35-37-46(56)66-43(40-63-38-36-34-32-30-12-10-8-6-4-2)41-64-53-52(62)50(60)48(58)45(68-53)42-65-54-51(61)49(59)47(57)44(39-55)67-54/h5,7,11,13,15-16,18-19,21-22,43-45,47-55,57-62H,3-4,6,8-10,12,14,17,20,23-42H2,1-2H3/b7-5-,13-11-,16-15-,19-18-,22-21-. The van der Waals surface area contributed by atoms with Crippen LogP contribution < -0.4 is 0 Å². The van der Waals surface area contributed by atoms with Crippen LogP contribution in [-0.2, 0) is 33.2 Å². The van der Waals surface area contributed by atoms with Crippen molar-refractivity contribution in [3.63, 3.8) is 0 Å². The second kappa shape index (κ2) is 41.3. The van der Waals surface area contributed by atoms with Crippen LogP contribution in [0.1, 0.15) is 174 Å². The Morgan fingerprint density at radius 2 is 0.956 bits per heavy atom. The molecule has 14 nitrogen and oxygen atoms in total. The average molecular weight is 967 g/mol. The van der Waals surface area contributed by atoms with Crippen LogP contribution in [0.15, 0.2) is 60.8 Å². The molecule has 14 heteroatoms. The van der Waals surface area contributed by atoms with E-state index >= 15 is 0 Å². The maximum atomic E-state index is 13.0. The third-order valence-corrected chi connectivity index (χ3v) is 12.3. The first-order chi connectivity index (χ1) is 33.1. The summed E-state index contributed by atoms with van der Waals surface area (Å²) in [5.41, 5.74) is 0. The predicted octanol–water partition coefficient (Wildman–Crippen LogP) is 8.13.